The fourth-order valence-electron chi connectivity index (χ4n) is 1.09. The molecule has 0 spiro atoms. The van der Waals surface area contributed by atoms with Gasteiger partial charge in [0.25, 0.3) is 0 Å². The van der Waals surface area contributed by atoms with Crippen LogP contribution in [-0.4, -0.2) is 23.1 Å². The number of rotatable bonds is 4. The number of hydrogen-bond donors (Lipinski definition) is 1. The van der Waals surface area contributed by atoms with E-state index in [9.17, 15) is 14.4 Å². The summed E-state index contributed by atoms with van der Waals surface area (Å²) in [5, 5.41) is 8.97. The quantitative estimate of drug-likeness (QED) is 0.511. The number of aldehydes is 1. The van der Waals surface area contributed by atoms with E-state index in [2.05, 4.69) is 0 Å². The summed E-state index contributed by atoms with van der Waals surface area (Å²) in [6.07, 6.45) is 0.0651. The van der Waals surface area contributed by atoms with Gasteiger partial charge in [0.15, 0.2) is 11.7 Å². The average molecular weight is 261 g/mol. The molecule has 0 bridgehead atoms. The van der Waals surface area contributed by atoms with E-state index in [0.717, 1.165) is 0 Å². The maximum atomic E-state index is 11.6. The van der Waals surface area contributed by atoms with Crippen molar-refractivity contribution < 1.29 is 19.5 Å². The molecule has 0 aliphatic carbocycles. The molecule has 1 N–H and O–H groups in total. The van der Waals surface area contributed by atoms with Crippen LogP contribution in [0, 0.1) is 5.92 Å². The molecule has 0 saturated carbocycles. The first-order chi connectivity index (χ1) is 7.47. The lowest BCUT2D eigenvalue weighted by Crippen LogP contribution is -2.25. The highest BCUT2D eigenvalue weighted by Crippen LogP contribution is 2.23. The lowest BCUT2D eigenvalue weighted by atomic mass is 9.99. The van der Waals surface area contributed by atoms with Gasteiger partial charge in [-0.15, -0.1) is 0 Å². The van der Waals surface area contributed by atoms with Crippen LogP contribution in [0.15, 0.2) is 18.2 Å². The second-order valence-electron chi connectivity index (χ2n) is 2.94. The first-order valence-corrected chi connectivity index (χ1v) is 4.90. The van der Waals surface area contributed by atoms with Crippen LogP contribution in [-0.2, 0) is 9.59 Å². The number of carboxylic acids is 1. The number of hydrogen-bond acceptors (Lipinski definition) is 3. The Balaban J connectivity index is 3.13. The molecule has 4 nitrogen and oxygen atoms in total. The number of carboxylic acid groups (broad SMARTS) is 1. The predicted molar refractivity (Wildman–Crippen MR) is 58.0 cm³/mol. The molecule has 0 aromatic heterocycles. The van der Waals surface area contributed by atoms with Crippen molar-refractivity contribution in [3.63, 3.8) is 0 Å². The summed E-state index contributed by atoms with van der Waals surface area (Å²) in [5.74, 6) is -4.10. The summed E-state index contributed by atoms with van der Waals surface area (Å²) < 4.78 is 0. The van der Waals surface area contributed by atoms with E-state index in [1.807, 2.05) is 0 Å². The number of ketones is 1. The molecule has 0 heterocycles. The van der Waals surface area contributed by atoms with Gasteiger partial charge in [0.05, 0.1) is 5.02 Å². The van der Waals surface area contributed by atoms with Crippen LogP contribution >= 0.6 is 23.2 Å². The van der Waals surface area contributed by atoms with Crippen LogP contribution in [0.2, 0.25) is 10.0 Å². The maximum absolute atomic E-state index is 11.6. The third-order valence-electron chi connectivity index (χ3n) is 1.88. The monoisotopic (exact) mass is 260 g/mol. The Bertz CT molecular complexity index is 456. The average Bonchev–Trinajstić information content (AvgIpc) is 2.17. The molecule has 6 heteroatoms. The van der Waals surface area contributed by atoms with Gasteiger partial charge in [-0.2, -0.15) is 0 Å². The summed E-state index contributed by atoms with van der Waals surface area (Å²) >= 11 is 11.3. The van der Waals surface area contributed by atoms with E-state index in [0.29, 0.717) is 5.02 Å². The molecule has 1 atom stereocenters. The van der Waals surface area contributed by atoms with Gasteiger partial charge < -0.3 is 9.90 Å². The number of carbonyl (C=O) groups excluding carboxylic acids is 2. The standard InChI is InChI=1S/C10H6Cl2O4/c11-5-1-2-6(8(12)3-5)9(14)7(4-13)10(15)16/h1-4,7H,(H,15,16). The normalized spacial score (nSPS) is 11.9. The molecule has 1 aromatic carbocycles. The Kier molecular flexibility index (Phi) is 4.04. The fourth-order valence-corrected chi connectivity index (χ4v) is 1.59. The minimum absolute atomic E-state index is 0.0191. The van der Waals surface area contributed by atoms with Crippen LogP contribution in [0.3, 0.4) is 0 Å². The van der Waals surface area contributed by atoms with E-state index in [1.165, 1.54) is 18.2 Å². The molecule has 84 valence electrons. The molecule has 0 radical (unpaired) electrons. The topological polar surface area (TPSA) is 71.4 Å². The molecule has 0 fully saturated rings. The molecular formula is C10H6Cl2O4. The van der Waals surface area contributed by atoms with E-state index < -0.39 is 17.7 Å². The van der Waals surface area contributed by atoms with E-state index in [-0.39, 0.29) is 16.9 Å². The zero-order valence-corrected chi connectivity index (χ0v) is 9.33. The van der Waals surface area contributed by atoms with Crippen molar-refractivity contribution >= 4 is 41.2 Å². The number of carbonyl (C=O) groups is 3. The Morgan fingerprint density at radius 3 is 2.38 bits per heavy atom. The van der Waals surface area contributed by atoms with Crippen molar-refractivity contribution in [1.29, 1.82) is 0 Å². The molecule has 0 aliphatic rings. The molecule has 16 heavy (non-hydrogen) atoms. The smallest absolute Gasteiger partial charge is 0.321 e. The van der Waals surface area contributed by atoms with E-state index in [4.69, 9.17) is 28.3 Å². The second-order valence-corrected chi connectivity index (χ2v) is 3.78. The zero-order chi connectivity index (χ0) is 12.3. The number of halogens is 2. The van der Waals surface area contributed by atoms with Crippen molar-refractivity contribution in [3.8, 4) is 0 Å². The lowest BCUT2D eigenvalue weighted by molar-refractivity contribution is -0.141. The van der Waals surface area contributed by atoms with E-state index in [1.54, 1.807) is 0 Å². The molecule has 1 rings (SSSR count). The highest BCUT2D eigenvalue weighted by atomic mass is 35.5. The number of Topliss-reactive ketones (excluding diaryl/α,β-unsaturated/α-hetero) is 1. The first-order valence-electron chi connectivity index (χ1n) is 4.14. The Labute approximate surface area is 101 Å². The van der Waals surface area contributed by atoms with Crippen LogP contribution < -0.4 is 0 Å². The Morgan fingerprint density at radius 2 is 1.94 bits per heavy atom. The summed E-state index contributed by atoms with van der Waals surface area (Å²) in [6, 6.07) is 3.98. The van der Waals surface area contributed by atoms with Gasteiger partial charge in [-0.3, -0.25) is 9.59 Å². The minimum Gasteiger partial charge on any atom is -0.480 e. The zero-order valence-electron chi connectivity index (χ0n) is 7.81. The lowest BCUT2D eigenvalue weighted by Gasteiger charge is -2.06. The molecular weight excluding hydrogens is 255 g/mol. The Hall–Kier alpha value is -1.39. The largest absolute Gasteiger partial charge is 0.480 e. The highest BCUT2D eigenvalue weighted by Gasteiger charge is 2.28. The van der Waals surface area contributed by atoms with Gasteiger partial charge in [0, 0.05) is 10.6 Å². The van der Waals surface area contributed by atoms with Gasteiger partial charge in [0.1, 0.15) is 6.29 Å². The number of aliphatic carboxylic acids is 1. The predicted octanol–water partition coefficient (Wildman–Crippen LogP) is 2.08. The molecule has 1 unspecified atom stereocenters. The van der Waals surface area contributed by atoms with E-state index >= 15 is 0 Å². The van der Waals surface area contributed by atoms with Crippen molar-refractivity contribution in [2.24, 2.45) is 5.92 Å². The van der Waals surface area contributed by atoms with Crippen LogP contribution in [0.5, 0.6) is 0 Å². The molecule has 0 saturated heterocycles. The van der Waals surface area contributed by atoms with Crippen LogP contribution in [0.4, 0.5) is 0 Å². The molecule has 1 aromatic rings. The minimum atomic E-state index is -1.74. The van der Waals surface area contributed by atoms with Crippen LogP contribution in [0.1, 0.15) is 10.4 Å². The van der Waals surface area contributed by atoms with Gasteiger partial charge in [0.2, 0.25) is 0 Å². The molecule has 0 aliphatic heterocycles. The van der Waals surface area contributed by atoms with Crippen molar-refractivity contribution in [3.05, 3.63) is 33.8 Å². The summed E-state index contributed by atoms with van der Waals surface area (Å²) in [6.45, 7) is 0. The summed E-state index contributed by atoms with van der Waals surface area (Å²) in [7, 11) is 0. The third kappa shape index (κ3) is 2.59. The molecule has 0 amide bonds. The SMILES string of the molecule is O=CC(C(=O)O)C(=O)c1ccc(Cl)cc1Cl. The Morgan fingerprint density at radius 1 is 1.31 bits per heavy atom. The van der Waals surface area contributed by atoms with Gasteiger partial charge in [-0.25, -0.2) is 0 Å². The summed E-state index contributed by atoms with van der Waals surface area (Å²) in [5.41, 5.74) is -0.0365. The second kappa shape index (κ2) is 5.09. The highest BCUT2D eigenvalue weighted by molar-refractivity contribution is 6.37. The maximum Gasteiger partial charge on any atom is 0.321 e. The third-order valence-corrected chi connectivity index (χ3v) is 2.43. The first kappa shape index (κ1) is 12.7. The van der Waals surface area contributed by atoms with Crippen molar-refractivity contribution in [2.45, 2.75) is 0 Å². The van der Waals surface area contributed by atoms with Gasteiger partial charge >= 0.3 is 5.97 Å². The summed E-state index contributed by atoms with van der Waals surface area (Å²) in [4.78, 5) is 32.7. The van der Waals surface area contributed by atoms with Gasteiger partial charge in [-0.05, 0) is 18.2 Å². The van der Waals surface area contributed by atoms with Gasteiger partial charge in [-0.1, -0.05) is 23.2 Å². The fraction of sp³-hybridized carbons (Fsp3) is 0.100. The van der Waals surface area contributed by atoms with Crippen molar-refractivity contribution in [1.82, 2.24) is 0 Å². The number of benzene rings is 1. The van der Waals surface area contributed by atoms with Crippen molar-refractivity contribution in [2.75, 3.05) is 0 Å². The van der Waals surface area contributed by atoms with Crippen LogP contribution in [0.25, 0.3) is 0 Å².